The first-order valence-corrected chi connectivity index (χ1v) is 8.61. The van der Waals surface area contributed by atoms with E-state index in [1.165, 1.54) is 36.9 Å². The van der Waals surface area contributed by atoms with Gasteiger partial charge >= 0.3 is 0 Å². The lowest BCUT2D eigenvalue weighted by Gasteiger charge is -2.37. The van der Waals surface area contributed by atoms with E-state index in [1.54, 1.807) is 0 Å². The van der Waals surface area contributed by atoms with Crippen LogP contribution in [0.2, 0.25) is 0 Å². The van der Waals surface area contributed by atoms with Crippen LogP contribution in [0.5, 0.6) is 0 Å². The van der Waals surface area contributed by atoms with Crippen LogP contribution in [-0.2, 0) is 0 Å². The number of hydrogen-bond donors (Lipinski definition) is 1. The van der Waals surface area contributed by atoms with Gasteiger partial charge in [-0.05, 0) is 56.2 Å². The Kier molecular flexibility index (Phi) is 5.69. The predicted octanol–water partition coefficient (Wildman–Crippen LogP) is 4.38. The van der Waals surface area contributed by atoms with Crippen LogP contribution in [0.25, 0.3) is 0 Å². The van der Waals surface area contributed by atoms with Crippen molar-refractivity contribution >= 4 is 5.69 Å². The number of nitrogens with zero attached hydrogens (tertiary/aromatic N) is 1. The van der Waals surface area contributed by atoms with Crippen LogP contribution in [0, 0.1) is 12.3 Å². The Morgan fingerprint density at radius 3 is 2.62 bits per heavy atom. The fourth-order valence-corrected chi connectivity index (χ4v) is 3.18. The summed E-state index contributed by atoms with van der Waals surface area (Å²) in [5, 5.41) is 3.75. The van der Waals surface area contributed by atoms with E-state index >= 15 is 0 Å². The molecule has 0 aliphatic heterocycles. The van der Waals surface area contributed by atoms with E-state index in [1.807, 2.05) is 0 Å². The summed E-state index contributed by atoms with van der Waals surface area (Å²) in [6.45, 7) is 12.6. The monoisotopic (exact) mass is 288 g/mol. The minimum absolute atomic E-state index is 0.358. The molecule has 118 valence electrons. The molecule has 1 atom stereocenters. The molecule has 21 heavy (non-hydrogen) atoms. The number of nitrogens with one attached hydrogen (secondary N) is 1. The molecule has 0 heterocycles. The quantitative estimate of drug-likeness (QED) is 0.725. The summed E-state index contributed by atoms with van der Waals surface area (Å²) in [5.41, 5.74) is 3.07. The number of aryl methyl sites for hydroxylation is 1. The second kappa shape index (κ2) is 7.31. The van der Waals surface area contributed by atoms with Crippen LogP contribution in [0.15, 0.2) is 24.3 Å². The molecule has 0 bridgehead atoms. The second-order valence-corrected chi connectivity index (χ2v) is 7.07. The first-order chi connectivity index (χ1) is 10.1. The van der Waals surface area contributed by atoms with E-state index in [4.69, 9.17) is 0 Å². The van der Waals surface area contributed by atoms with Gasteiger partial charge in [0.25, 0.3) is 0 Å². The lowest BCUT2D eigenvalue weighted by atomic mass is 9.84. The average Bonchev–Trinajstić information content (AvgIpc) is 3.27. The van der Waals surface area contributed by atoms with Gasteiger partial charge in [-0.3, -0.25) is 0 Å². The summed E-state index contributed by atoms with van der Waals surface area (Å²) < 4.78 is 0. The van der Waals surface area contributed by atoms with Crippen LogP contribution in [-0.4, -0.2) is 25.7 Å². The van der Waals surface area contributed by atoms with Crippen molar-refractivity contribution in [3.8, 4) is 0 Å². The molecule has 1 aromatic rings. The van der Waals surface area contributed by atoms with Crippen molar-refractivity contribution in [1.29, 1.82) is 0 Å². The Bertz CT molecular complexity index is 439. The molecule has 1 fully saturated rings. The standard InChI is InChI=1S/C19H32N2/c1-5-12-19(4,14-20-17-10-11-17)15-21(6-2)18-9-7-8-16(3)13-18/h7-9,13,17,20H,5-6,10-12,14-15H2,1-4H3. The van der Waals surface area contributed by atoms with E-state index in [-0.39, 0.29) is 0 Å². The molecule has 0 spiro atoms. The van der Waals surface area contributed by atoms with Gasteiger partial charge in [0.2, 0.25) is 0 Å². The minimum Gasteiger partial charge on any atom is -0.371 e. The molecule has 0 aromatic heterocycles. The van der Waals surface area contributed by atoms with Gasteiger partial charge < -0.3 is 10.2 Å². The van der Waals surface area contributed by atoms with Gasteiger partial charge in [0, 0.05) is 31.4 Å². The topological polar surface area (TPSA) is 15.3 Å². The van der Waals surface area contributed by atoms with E-state index in [0.717, 1.165) is 25.7 Å². The maximum atomic E-state index is 3.75. The fourth-order valence-electron chi connectivity index (χ4n) is 3.18. The lowest BCUT2D eigenvalue weighted by Crippen LogP contribution is -2.43. The highest BCUT2D eigenvalue weighted by atomic mass is 15.1. The van der Waals surface area contributed by atoms with Crippen molar-refractivity contribution in [2.75, 3.05) is 24.5 Å². The number of hydrogen-bond acceptors (Lipinski definition) is 2. The van der Waals surface area contributed by atoms with Crippen molar-refractivity contribution in [2.24, 2.45) is 5.41 Å². The molecule has 0 radical (unpaired) electrons. The van der Waals surface area contributed by atoms with E-state index in [2.05, 4.69) is 62.2 Å². The third kappa shape index (κ3) is 5.03. The van der Waals surface area contributed by atoms with Crippen LogP contribution >= 0.6 is 0 Å². The molecular weight excluding hydrogens is 256 g/mol. The number of anilines is 1. The maximum absolute atomic E-state index is 3.75. The van der Waals surface area contributed by atoms with E-state index in [9.17, 15) is 0 Å². The van der Waals surface area contributed by atoms with E-state index < -0.39 is 0 Å². The molecule has 1 saturated carbocycles. The smallest absolute Gasteiger partial charge is 0.0368 e. The summed E-state index contributed by atoms with van der Waals surface area (Å²) in [7, 11) is 0. The van der Waals surface area contributed by atoms with Gasteiger partial charge in [0.1, 0.15) is 0 Å². The van der Waals surface area contributed by atoms with Gasteiger partial charge in [-0.15, -0.1) is 0 Å². The Hall–Kier alpha value is -1.02. The normalized spacial score (nSPS) is 17.5. The first kappa shape index (κ1) is 16.4. The third-order valence-corrected chi connectivity index (χ3v) is 4.57. The predicted molar refractivity (Wildman–Crippen MR) is 93.1 cm³/mol. The molecule has 0 amide bonds. The highest BCUT2D eigenvalue weighted by molar-refractivity contribution is 5.48. The van der Waals surface area contributed by atoms with Crippen LogP contribution in [0.4, 0.5) is 5.69 Å². The molecule has 2 rings (SSSR count). The Labute approximate surface area is 130 Å². The lowest BCUT2D eigenvalue weighted by molar-refractivity contribution is 0.280. The van der Waals surface area contributed by atoms with Crippen LogP contribution in [0.3, 0.4) is 0 Å². The third-order valence-electron chi connectivity index (χ3n) is 4.57. The Balaban J connectivity index is 2.04. The molecule has 1 unspecified atom stereocenters. The minimum atomic E-state index is 0.358. The summed E-state index contributed by atoms with van der Waals surface area (Å²) in [5.74, 6) is 0. The summed E-state index contributed by atoms with van der Waals surface area (Å²) in [6.07, 6.45) is 5.29. The van der Waals surface area contributed by atoms with Crippen molar-refractivity contribution in [3.05, 3.63) is 29.8 Å². The largest absolute Gasteiger partial charge is 0.371 e. The molecule has 1 aliphatic rings. The van der Waals surface area contributed by atoms with Crippen molar-refractivity contribution in [2.45, 2.75) is 59.4 Å². The second-order valence-electron chi connectivity index (χ2n) is 7.07. The zero-order valence-electron chi connectivity index (χ0n) is 14.3. The molecule has 0 saturated heterocycles. The highest BCUT2D eigenvalue weighted by Crippen LogP contribution is 2.29. The van der Waals surface area contributed by atoms with Gasteiger partial charge in [-0.25, -0.2) is 0 Å². The first-order valence-electron chi connectivity index (χ1n) is 8.61. The average molecular weight is 288 g/mol. The Morgan fingerprint density at radius 1 is 1.29 bits per heavy atom. The summed E-state index contributed by atoms with van der Waals surface area (Å²) >= 11 is 0. The van der Waals surface area contributed by atoms with Crippen LogP contribution in [0.1, 0.15) is 52.0 Å². The van der Waals surface area contributed by atoms with Gasteiger partial charge in [-0.1, -0.05) is 32.4 Å². The Morgan fingerprint density at radius 2 is 2.05 bits per heavy atom. The molecule has 2 heteroatoms. The van der Waals surface area contributed by atoms with Gasteiger partial charge in [0.15, 0.2) is 0 Å². The van der Waals surface area contributed by atoms with Gasteiger partial charge in [0.05, 0.1) is 0 Å². The van der Waals surface area contributed by atoms with Crippen molar-refractivity contribution in [3.63, 3.8) is 0 Å². The van der Waals surface area contributed by atoms with Crippen molar-refractivity contribution < 1.29 is 0 Å². The number of rotatable bonds is 9. The zero-order chi connectivity index (χ0) is 15.3. The summed E-state index contributed by atoms with van der Waals surface area (Å²) in [4.78, 5) is 2.54. The molecule has 2 nitrogen and oxygen atoms in total. The van der Waals surface area contributed by atoms with Crippen molar-refractivity contribution in [1.82, 2.24) is 5.32 Å². The fraction of sp³-hybridized carbons (Fsp3) is 0.684. The van der Waals surface area contributed by atoms with Gasteiger partial charge in [-0.2, -0.15) is 0 Å². The van der Waals surface area contributed by atoms with E-state index in [0.29, 0.717) is 5.41 Å². The number of benzene rings is 1. The SMILES string of the molecule is CCCC(C)(CNC1CC1)CN(CC)c1cccc(C)c1. The highest BCUT2D eigenvalue weighted by Gasteiger charge is 2.29. The molecular formula is C19H32N2. The van der Waals surface area contributed by atoms with Crippen LogP contribution < -0.4 is 10.2 Å². The zero-order valence-corrected chi connectivity index (χ0v) is 14.3. The summed E-state index contributed by atoms with van der Waals surface area (Å²) in [6, 6.07) is 9.71. The molecule has 1 N–H and O–H groups in total. The molecule has 1 aliphatic carbocycles. The maximum Gasteiger partial charge on any atom is 0.0368 e. The molecule has 1 aromatic carbocycles.